The molecule has 6 heteroatoms. The summed E-state index contributed by atoms with van der Waals surface area (Å²) in [4.78, 5) is 0. The maximum absolute atomic E-state index is 13.2. The van der Waals surface area contributed by atoms with Crippen molar-refractivity contribution in [2.75, 3.05) is 14.2 Å². The van der Waals surface area contributed by atoms with Crippen molar-refractivity contribution >= 4 is 11.4 Å². The summed E-state index contributed by atoms with van der Waals surface area (Å²) >= 11 is 0. The number of hydrogen-bond acceptors (Lipinski definition) is 4. The predicted molar refractivity (Wildman–Crippen MR) is 98.4 cm³/mol. The molecule has 6 nitrogen and oxygen atoms in total. The number of ether oxygens (including phenoxy) is 2. The molecule has 0 aromatic heterocycles. The fraction of sp³-hybridized carbons (Fsp3) is 0.300. The summed E-state index contributed by atoms with van der Waals surface area (Å²) in [6.07, 6.45) is 0.494. The van der Waals surface area contributed by atoms with E-state index in [1.54, 1.807) is 32.2 Å². The Morgan fingerprint density at radius 3 is 2.27 bits per heavy atom. The molecular formula is C20H23N2O4+. The molecule has 0 radical (unpaired) electrons. The molecule has 2 aromatic rings. The molecule has 0 saturated heterocycles. The second-order valence-electron chi connectivity index (χ2n) is 6.21. The van der Waals surface area contributed by atoms with Crippen molar-refractivity contribution in [3.63, 3.8) is 0 Å². The van der Waals surface area contributed by atoms with Gasteiger partial charge in [0, 0.05) is 12.5 Å². The Morgan fingerprint density at radius 2 is 1.69 bits per heavy atom. The zero-order valence-electron chi connectivity index (χ0n) is 15.4. The van der Waals surface area contributed by atoms with Crippen LogP contribution in [0.1, 0.15) is 31.4 Å². The molecule has 0 bridgehead atoms. The highest BCUT2D eigenvalue weighted by atomic mass is 16.5. The van der Waals surface area contributed by atoms with Gasteiger partial charge in [0.1, 0.15) is 5.56 Å². The summed E-state index contributed by atoms with van der Waals surface area (Å²) in [5.41, 5.74) is 1.12. The third-order valence-corrected chi connectivity index (χ3v) is 4.85. The van der Waals surface area contributed by atoms with Gasteiger partial charge in [0.25, 0.3) is 5.71 Å². The molecule has 1 aliphatic rings. The van der Waals surface area contributed by atoms with Crippen molar-refractivity contribution < 1.29 is 24.2 Å². The monoisotopic (exact) mass is 355 g/mol. The van der Waals surface area contributed by atoms with Crippen molar-refractivity contribution in [1.82, 2.24) is 0 Å². The summed E-state index contributed by atoms with van der Waals surface area (Å²) in [7, 11) is 3.09. The average molecular weight is 355 g/mol. The molecule has 0 aliphatic carbocycles. The van der Waals surface area contributed by atoms with Gasteiger partial charge in [-0.2, -0.15) is 0 Å². The van der Waals surface area contributed by atoms with Crippen molar-refractivity contribution in [3.05, 3.63) is 64.9 Å². The first-order chi connectivity index (χ1) is 12.5. The van der Waals surface area contributed by atoms with E-state index in [1.807, 2.05) is 37.3 Å². The topological polar surface area (TPSA) is 67.8 Å². The van der Waals surface area contributed by atoms with Crippen molar-refractivity contribution in [2.45, 2.75) is 25.9 Å². The largest absolute Gasteiger partial charge is 0.618 e. The second kappa shape index (κ2) is 6.71. The molecule has 1 heterocycles. The predicted octanol–water partition coefficient (Wildman–Crippen LogP) is 3.14. The Labute approximate surface area is 152 Å². The summed E-state index contributed by atoms with van der Waals surface area (Å²) < 4.78 is 12.5. The molecule has 0 spiro atoms. The van der Waals surface area contributed by atoms with Gasteiger partial charge in [0.05, 0.1) is 31.4 Å². The fourth-order valence-electron chi connectivity index (χ4n) is 3.35. The smallest absolute Gasteiger partial charge is 0.431 e. The molecule has 3 rings (SSSR count). The van der Waals surface area contributed by atoms with Crippen LogP contribution < -0.4 is 9.47 Å². The van der Waals surface area contributed by atoms with E-state index in [2.05, 4.69) is 0 Å². The standard InChI is InChI=1S/C20H23N2O4/c1-5-16-19(14-9-7-6-8-10-14)22(24)20(2,21(16)23)15-11-12-17(25-3)18(13-15)26-4/h6-13,24H,5H2,1-4H3/q+1/t20-/m1/s1. The van der Waals surface area contributed by atoms with Crippen LogP contribution >= 0.6 is 0 Å². The van der Waals surface area contributed by atoms with Crippen LogP contribution in [0.15, 0.2) is 48.5 Å². The molecule has 2 aromatic carbocycles. The van der Waals surface area contributed by atoms with E-state index < -0.39 is 5.66 Å². The van der Waals surface area contributed by atoms with Gasteiger partial charge < -0.3 is 14.7 Å². The maximum Gasteiger partial charge on any atom is 0.431 e. The highest BCUT2D eigenvalue weighted by Gasteiger charge is 2.59. The zero-order chi connectivity index (χ0) is 18.9. The number of hydroxylamine groups is 2. The Balaban J connectivity index is 2.23. The highest BCUT2D eigenvalue weighted by Crippen LogP contribution is 2.36. The van der Waals surface area contributed by atoms with Crippen molar-refractivity contribution in [2.24, 2.45) is 0 Å². The molecule has 1 atom stereocenters. The van der Waals surface area contributed by atoms with Crippen molar-refractivity contribution in [3.8, 4) is 11.5 Å². The third kappa shape index (κ3) is 2.49. The number of methoxy groups -OCH3 is 2. The molecule has 1 N–H and O–H groups in total. The SMILES string of the molecule is CCC1=[N+]([O-])[C@@](C)(c2ccc(OC)c(OC)c2)[N+](O)=C1c1ccccc1. The van der Waals surface area contributed by atoms with E-state index in [-0.39, 0.29) is 0 Å². The number of benzene rings is 2. The molecular weight excluding hydrogens is 332 g/mol. The molecule has 0 unspecified atom stereocenters. The number of rotatable bonds is 5. The summed E-state index contributed by atoms with van der Waals surface area (Å²) in [6.45, 7) is 3.59. The lowest BCUT2D eigenvalue weighted by molar-refractivity contribution is -0.930. The van der Waals surface area contributed by atoms with Gasteiger partial charge in [-0.15, -0.1) is 4.74 Å². The van der Waals surface area contributed by atoms with Crippen LogP contribution in [0.3, 0.4) is 0 Å². The lowest BCUT2D eigenvalue weighted by Crippen LogP contribution is -2.40. The van der Waals surface area contributed by atoms with Gasteiger partial charge in [-0.3, -0.25) is 5.21 Å². The van der Waals surface area contributed by atoms with Gasteiger partial charge in [-0.1, -0.05) is 25.1 Å². The summed E-state index contributed by atoms with van der Waals surface area (Å²) in [6, 6.07) is 14.6. The summed E-state index contributed by atoms with van der Waals surface area (Å²) in [5.74, 6) is 1.06. The second-order valence-corrected chi connectivity index (χ2v) is 6.21. The van der Waals surface area contributed by atoms with E-state index in [4.69, 9.17) is 9.47 Å². The first kappa shape index (κ1) is 17.8. The molecule has 1 aliphatic heterocycles. The van der Waals surface area contributed by atoms with Crippen molar-refractivity contribution in [1.29, 1.82) is 0 Å². The normalized spacial score (nSPS) is 19.8. The van der Waals surface area contributed by atoms with Crippen LogP contribution in [0, 0.1) is 5.21 Å². The minimum absolute atomic E-state index is 0.494. The molecule has 0 saturated carbocycles. The van der Waals surface area contributed by atoms with E-state index in [0.29, 0.717) is 34.9 Å². The Kier molecular flexibility index (Phi) is 4.59. The average Bonchev–Trinajstić information content (AvgIpc) is 2.89. The lowest BCUT2D eigenvalue weighted by atomic mass is 10.0. The van der Waals surface area contributed by atoms with Crippen LogP contribution in [0.5, 0.6) is 11.5 Å². The van der Waals surface area contributed by atoms with Gasteiger partial charge in [-0.05, 0) is 24.3 Å². The zero-order valence-corrected chi connectivity index (χ0v) is 15.4. The minimum atomic E-state index is -1.31. The lowest BCUT2D eigenvalue weighted by Gasteiger charge is -2.19. The minimum Gasteiger partial charge on any atom is -0.618 e. The van der Waals surface area contributed by atoms with Crippen LogP contribution in [-0.2, 0) is 5.66 Å². The van der Waals surface area contributed by atoms with E-state index in [0.717, 1.165) is 15.0 Å². The third-order valence-electron chi connectivity index (χ3n) is 4.85. The van der Waals surface area contributed by atoms with Crippen LogP contribution in [0.2, 0.25) is 0 Å². The maximum atomic E-state index is 13.2. The first-order valence-electron chi connectivity index (χ1n) is 8.46. The van der Waals surface area contributed by atoms with Crippen LogP contribution in [0.4, 0.5) is 0 Å². The molecule has 26 heavy (non-hydrogen) atoms. The highest BCUT2D eigenvalue weighted by molar-refractivity contribution is 6.44. The van der Waals surface area contributed by atoms with E-state index in [9.17, 15) is 10.4 Å². The van der Waals surface area contributed by atoms with E-state index >= 15 is 0 Å². The van der Waals surface area contributed by atoms with Crippen LogP contribution in [0.25, 0.3) is 0 Å². The first-order valence-corrected chi connectivity index (χ1v) is 8.46. The Morgan fingerprint density at radius 1 is 1.04 bits per heavy atom. The van der Waals surface area contributed by atoms with Gasteiger partial charge in [-0.25, -0.2) is 0 Å². The Bertz CT molecular complexity index is 890. The van der Waals surface area contributed by atoms with Gasteiger partial charge in [0.15, 0.2) is 11.5 Å². The number of hydrogen-bond donors (Lipinski definition) is 1. The summed E-state index contributed by atoms with van der Waals surface area (Å²) in [5, 5.41) is 24.2. The van der Waals surface area contributed by atoms with Crippen LogP contribution in [-0.4, -0.2) is 40.3 Å². The quantitative estimate of drug-likeness (QED) is 0.508. The van der Waals surface area contributed by atoms with Gasteiger partial charge in [0.2, 0.25) is 0 Å². The Hall–Kier alpha value is -3.02. The fourth-order valence-corrected chi connectivity index (χ4v) is 3.35. The van der Waals surface area contributed by atoms with E-state index in [1.165, 1.54) is 7.11 Å². The molecule has 0 amide bonds. The molecule has 0 fully saturated rings. The van der Waals surface area contributed by atoms with Gasteiger partial charge >= 0.3 is 11.4 Å². The number of nitrogens with zero attached hydrogens (tertiary/aromatic N) is 2. The molecule has 136 valence electrons.